The van der Waals surface area contributed by atoms with Gasteiger partial charge < -0.3 is 0 Å². The molecule has 0 aromatic carbocycles. The third-order valence-corrected chi connectivity index (χ3v) is 2.83. The first kappa shape index (κ1) is 10.8. The molecule has 1 aliphatic carbocycles. The minimum absolute atomic E-state index is 0.741. The zero-order valence-corrected chi connectivity index (χ0v) is 9.24. The second-order valence-electron chi connectivity index (χ2n) is 3.69. The summed E-state index contributed by atoms with van der Waals surface area (Å²) in [5, 5.41) is 0. The van der Waals surface area contributed by atoms with Gasteiger partial charge in [0.2, 0.25) is 0 Å². The van der Waals surface area contributed by atoms with E-state index in [0.717, 1.165) is 12.3 Å². The van der Waals surface area contributed by atoms with Crippen molar-refractivity contribution in [3.05, 3.63) is 23.3 Å². The second-order valence-corrected chi connectivity index (χ2v) is 4.07. The van der Waals surface area contributed by atoms with Crippen LogP contribution in [0.15, 0.2) is 23.3 Å². The minimum atomic E-state index is 0.741. The third-order valence-electron chi connectivity index (χ3n) is 2.61. The molecule has 0 spiro atoms. The van der Waals surface area contributed by atoms with Crippen LogP contribution in [-0.4, -0.2) is 5.88 Å². The van der Waals surface area contributed by atoms with Crippen molar-refractivity contribution in [3.8, 4) is 0 Å². The SMILES string of the molecule is C/C(=C\CCCl)C1=CCCCCC1. The van der Waals surface area contributed by atoms with Gasteiger partial charge in [0, 0.05) is 5.88 Å². The quantitative estimate of drug-likeness (QED) is 0.588. The normalized spacial score (nSPS) is 19.5. The van der Waals surface area contributed by atoms with Gasteiger partial charge in [0.25, 0.3) is 0 Å². The zero-order chi connectivity index (χ0) is 9.52. The molecule has 0 N–H and O–H groups in total. The Hall–Kier alpha value is -0.230. The van der Waals surface area contributed by atoms with Crippen LogP contribution in [0.3, 0.4) is 0 Å². The monoisotopic (exact) mass is 198 g/mol. The molecule has 0 amide bonds. The fraction of sp³-hybridized carbons (Fsp3) is 0.667. The van der Waals surface area contributed by atoms with Crippen LogP contribution in [0.5, 0.6) is 0 Å². The van der Waals surface area contributed by atoms with Crippen LogP contribution in [0, 0.1) is 0 Å². The average Bonchev–Trinajstić information content (AvgIpc) is 2.42. The van der Waals surface area contributed by atoms with Gasteiger partial charge in [0.05, 0.1) is 0 Å². The Kier molecular flexibility index (Phi) is 5.22. The number of rotatable bonds is 3. The smallest absolute Gasteiger partial charge is 0.0258 e. The lowest BCUT2D eigenvalue weighted by Gasteiger charge is -2.05. The van der Waals surface area contributed by atoms with E-state index in [1.54, 1.807) is 5.57 Å². The predicted octanol–water partition coefficient (Wildman–Crippen LogP) is 4.45. The highest BCUT2D eigenvalue weighted by Gasteiger charge is 2.03. The molecule has 0 aromatic heterocycles. The molecule has 0 saturated heterocycles. The maximum Gasteiger partial charge on any atom is 0.0258 e. The summed E-state index contributed by atoms with van der Waals surface area (Å²) in [6, 6.07) is 0. The van der Waals surface area contributed by atoms with Gasteiger partial charge in [-0.2, -0.15) is 0 Å². The van der Waals surface area contributed by atoms with Crippen molar-refractivity contribution in [2.75, 3.05) is 5.88 Å². The van der Waals surface area contributed by atoms with Crippen LogP contribution in [0.1, 0.15) is 45.4 Å². The van der Waals surface area contributed by atoms with Crippen molar-refractivity contribution >= 4 is 11.6 Å². The maximum absolute atomic E-state index is 5.65. The Balaban J connectivity index is 2.52. The van der Waals surface area contributed by atoms with Crippen LogP contribution in [0.4, 0.5) is 0 Å². The first-order valence-corrected chi connectivity index (χ1v) is 5.80. The molecule has 1 heteroatoms. The molecule has 0 nitrogen and oxygen atoms in total. The average molecular weight is 199 g/mol. The van der Waals surface area contributed by atoms with E-state index in [2.05, 4.69) is 19.1 Å². The summed E-state index contributed by atoms with van der Waals surface area (Å²) in [6.45, 7) is 2.21. The van der Waals surface area contributed by atoms with Crippen LogP contribution >= 0.6 is 11.6 Å². The van der Waals surface area contributed by atoms with Gasteiger partial charge in [0.1, 0.15) is 0 Å². The predicted molar refractivity (Wildman–Crippen MR) is 60.3 cm³/mol. The van der Waals surface area contributed by atoms with E-state index in [4.69, 9.17) is 11.6 Å². The number of allylic oxidation sites excluding steroid dienone is 4. The van der Waals surface area contributed by atoms with E-state index < -0.39 is 0 Å². The summed E-state index contributed by atoms with van der Waals surface area (Å²) in [5.74, 6) is 0.741. The van der Waals surface area contributed by atoms with Crippen molar-refractivity contribution in [3.63, 3.8) is 0 Å². The molecule has 0 aliphatic heterocycles. The molecule has 0 radical (unpaired) electrons. The topological polar surface area (TPSA) is 0 Å². The van der Waals surface area contributed by atoms with Crippen LogP contribution in [0.2, 0.25) is 0 Å². The van der Waals surface area contributed by atoms with E-state index in [1.807, 2.05) is 0 Å². The van der Waals surface area contributed by atoms with Gasteiger partial charge in [-0.1, -0.05) is 24.1 Å². The van der Waals surface area contributed by atoms with Gasteiger partial charge in [-0.15, -0.1) is 11.6 Å². The van der Waals surface area contributed by atoms with Crippen molar-refractivity contribution < 1.29 is 0 Å². The van der Waals surface area contributed by atoms with E-state index in [9.17, 15) is 0 Å². The van der Waals surface area contributed by atoms with Gasteiger partial charge in [-0.25, -0.2) is 0 Å². The Bertz CT molecular complexity index is 201. The molecule has 0 unspecified atom stereocenters. The number of hydrogen-bond acceptors (Lipinski definition) is 0. The molecule has 0 heterocycles. The first-order valence-electron chi connectivity index (χ1n) is 5.26. The maximum atomic E-state index is 5.65. The van der Waals surface area contributed by atoms with Crippen LogP contribution in [-0.2, 0) is 0 Å². The standard InChI is InChI=1S/C12H19Cl/c1-11(7-6-10-13)12-8-4-2-3-5-9-12/h7-8H,2-6,9-10H2,1H3/b11-7+. The molecule has 0 atom stereocenters. The highest BCUT2D eigenvalue weighted by molar-refractivity contribution is 6.17. The molecule has 0 bridgehead atoms. The molecule has 0 saturated carbocycles. The van der Waals surface area contributed by atoms with Crippen molar-refractivity contribution in [1.82, 2.24) is 0 Å². The highest BCUT2D eigenvalue weighted by atomic mass is 35.5. The molecule has 74 valence electrons. The molecular formula is C12H19Cl. The Labute approximate surface area is 86.7 Å². The molecule has 1 aliphatic rings. The zero-order valence-electron chi connectivity index (χ0n) is 8.48. The fourth-order valence-corrected chi connectivity index (χ4v) is 1.88. The summed E-state index contributed by atoms with van der Waals surface area (Å²) in [7, 11) is 0. The molecule has 1 rings (SSSR count). The lowest BCUT2D eigenvalue weighted by molar-refractivity contribution is 0.712. The van der Waals surface area contributed by atoms with E-state index >= 15 is 0 Å². The summed E-state index contributed by atoms with van der Waals surface area (Å²) in [4.78, 5) is 0. The van der Waals surface area contributed by atoms with Crippen molar-refractivity contribution in [1.29, 1.82) is 0 Å². The Morgan fingerprint density at radius 3 is 3.08 bits per heavy atom. The third kappa shape index (κ3) is 3.99. The second kappa shape index (κ2) is 6.26. The molecule has 0 fully saturated rings. The largest absolute Gasteiger partial charge is 0.126 e. The molecular weight excluding hydrogens is 180 g/mol. The minimum Gasteiger partial charge on any atom is -0.126 e. The summed E-state index contributed by atoms with van der Waals surface area (Å²) >= 11 is 5.65. The van der Waals surface area contributed by atoms with Crippen molar-refractivity contribution in [2.45, 2.75) is 45.4 Å². The van der Waals surface area contributed by atoms with Crippen LogP contribution in [0.25, 0.3) is 0 Å². The van der Waals surface area contributed by atoms with E-state index in [0.29, 0.717) is 0 Å². The van der Waals surface area contributed by atoms with Crippen molar-refractivity contribution in [2.24, 2.45) is 0 Å². The van der Waals surface area contributed by atoms with Gasteiger partial charge in [-0.3, -0.25) is 0 Å². The highest BCUT2D eigenvalue weighted by Crippen LogP contribution is 2.23. The van der Waals surface area contributed by atoms with Gasteiger partial charge >= 0.3 is 0 Å². The fourth-order valence-electron chi connectivity index (χ4n) is 1.78. The molecule has 13 heavy (non-hydrogen) atoms. The molecule has 0 aromatic rings. The summed E-state index contributed by atoms with van der Waals surface area (Å²) < 4.78 is 0. The Morgan fingerprint density at radius 2 is 2.31 bits per heavy atom. The Morgan fingerprint density at radius 1 is 1.46 bits per heavy atom. The van der Waals surface area contributed by atoms with Gasteiger partial charge in [-0.05, 0) is 44.6 Å². The lowest BCUT2D eigenvalue weighted by Crippen LogP contribution is -1.85. The number of alkyl halides is 1. The number of hydrogen-bond donors (Lipinski definition) is 0. The number of halogens is 1. The lowest BCUT2D eigenvalue weighted by atomic mass is 10.0. The van der Waals surface area contributed by atoms with Gasteiger partial charge in [0.15, 0.2) is 0 Å². The summed E-state index contributed by atoms with van der Waals surface area (Å²) in [5.41, 5.74) is 3.00. The van der Waals surface area contributed by atoms with E-state index in [-0.39, 0.29) is 0 Å². The van der Waals surface area contributed by atoms with E-state index in [1.165, 1.54) is 37.7 Å². The first-order chi connectivity index (χ1) is 6.34. The summed E-state index contributed by atoms with van der Waals surface area (Å²) in [6.07, 6.45) is 12.3. The van der Waals surface area contributed by atoms with Crippen LogP contribution < -0.4 is 0 Å².